The predicted octanol–water partition coefficient (Wildman–Crippen LogP) is 3.97. The van der Waals surface area contributed by atoms with Gasteiger partial charge in [0.2, 0.25) is 0 Å². The first-order valence-corrected chi connectivity index (χ1v) is 9.98. The van der Waals surface area contributed by atoms with Crippen LogP contribution in [0.2, 0.25) is 0 Å². The van der Waals surface area contributed by atoms with Crippen LogP contribution in [0.25, 0.3) is 22.2 Å². The zero-order chi connectivity index (χ0) is 19.6. The lowest BCUT2D eigenvalue weighted by atomic mass is 10.1. The minimum absolute atomic E-state index is 0.584. The molecule has 0 saturated carbocycles. The van der Waals surface area contributed by atoms with Gasteiger partial charge in [-0.2, -0.15) is 5.10 Å². The van der Waals surface area contributed by atoms with Gasteiger partial charge in [0, 0.05) is 34.8 Å². The van der Waals surface area contributed by atoms with Crippen molar-refractivity contribution in [2.45, 2.75) is 19.9 Å². The van der Waals surface area contributed by atoms with Crippen LogP contribution in [-0.2, 0) is 13.0 Å². The molecule has 0 radical (unpaired) electrons. The zero-order valence-electron chi connectivity index (χ0n) is 16.4. The Morgan fingerprint density at radius 3 is 2.90 bits per heavy atom. The molecule has 5 rings (SSSR count). The van der Waals surface area contributed by atoms with Crippen molar-refractivity contribution in [3.63, 3.8) is 0 Å². The van der Waals surface area contributed by atoms with Crippen LogP contribution in [0.15, 0.2) is 48.8 Å². The summed E-state index contributed by atoms with van der Waals surface area (Å²) in [4.78, 5) is 3.37. The van der Waals surface area contributed by atoms with Crippen LogP contribution in [0.5, 0.6) is 11.5 Å². The average Bonchev–Trinajstić information content (AvgIpc) is 3.38. The smallest absolute Gasteiger partial charge is 0.162 e. The molecule has 1 aliphatic rings. The number of nitrogens with zero attached hydrogens (tertiary/aromatic N) is 1. The SMILES string of the molecule is Cc1cccc2[nH]cc(CCNCc3cn[nH]c3-c3ccc4c(c3)OCCO4)c12. The van der Waals surface area contributed by atoms with Crippen LogP contribution in [0.3, 0.4) is 0 Å². The second-order valence-corrected chi connectivity index (χ2v) is 7.37. The number of aromatic amines is 2. The quantitative estimate of drug-likeness (QED) is 0.437. The number of hydrogen-bond acceptors (Lipinski definition) is 4. The Morgan fingerprint density at radius 2 is 1.97 bits per heavy atom. The number of aryl methyl sites for hydroxylation is 1. The van der Waals surface area contributed by atoms with Gasteiger partial charge in [0.25, 0.3) is 0 Å². The molecular weight excluding hydrogens is 364 g/mol. The molecule has 0 spiro atoms. The maximum atomic E-state index is 5.71. The highest BCUT2D eigenvalue weighted by molar-refractivity contribution is 5.86. The van der Waals surface area contributed by atoms with Crippen molar-refractivity contribution >= 4 is 10.9 Å². The first kappa shape index (κ1) is 17.8. The summed E-state index contributed by atoms with van der Waals surface area (Å²) in [5.41, 5.74) is 7.07. The van der Waals surface area contributed by atoms with Crippen LogP contribution in [0.1, 0.15) is 16.7 Å². The van der Waals surface area contributed by atoms with Crippen molar-refractivity contribution in [1.82, 2.24) is 20.5 Å². The summed E-state index contributed by atoms with van der Waals surface area (Å²) in [5, 5.41) is 12.3. The normalized spacial score (nSPS) is 13.1. The molecule has 0 amide bonds. The minimum Gasteiger partial charge on any atom is -0.486 e. The highest BCUT2D eigenvalue weighted by atomic mass is 16.6. The summed E-state index contributed by atoms with van der Waals surface area (Å²) in [6.07, 6.45) is 4.98. The first-order chi connectivity index (χ1) is 14.3. The highest BCUT2D eigenvalue weighted by Crippen LogP contribution is 2.34. The monoisotopic (exact) mass is 388 g/mol. The van der Waals surface area contributed by atoms with Crippen molar-refractivity contribution in [2.24, 2.45) is 0 Å². The molecule has 3 N–H and O–H groups in total. The number of H-pyrrole nitrogens is 2. The van der Waals surface area contributed by atoms with Gasteiger partial charge in [0.1, 0.15) is 13.2 Å². The largest absolute Gasteiger partial charge is 0.486 e. The molecule has 29 heavy (non-hydrogen) atoms. The van der Waals surface area contributed by atoms with E-state index in [2.05, 4.69) is 51.8 Å². The van der Waals surface area contributed by atoms with E-state index in [4.69, 9.17) is 9.47 Å². The predicted molar refractivity (Wildman–Crippen MR) is 113 cm³/mol. The molecule has 1 aliphatic heterocycles. The van der Waals surface area contributed by atoms with Gasteiger partial charge in [0.05, 0.1) is 11.9 Å². The van der Waals surface area contributed by atoms with Gasteiger partial charge < -0.3 is 19.8 Å². The van der Waals surface area contributed by atoms with Crippen molar-refractivity contribution in [3.05, 3.63) is 65.5 Å². The molecule has 148 valence electrons. The van der Waals surface area contributed by atoms with E-state index in [0.29, 0.717) is 13.2 Å². The van der Waals surface area contributed by atoms with Crippen LogP contribution >= 0.6 is 0 Å². The van der Waals surface area contributed by atoms with Crippen LogP contribution < -0.4 is 14.8 Å². The van der Waals surface area contributed by atoms with E-state index in [1.165, 1.54) is 22.0 Å². The number of aromatic nitrogens is 3. The first-order valence-electron chi connectivity index (χ1n) is 9.98. The average molecular weight is 388 g/mol. The van der Waals surface area contributed by atoms with E-state index < -0.39 is 0 Å². The third-order valence-electron chi connectivity index (χ3n) is 5.43. The summed E-state index contributed by atoms with van der Waals surface area (Å²) >= 11 is 0. The second kappa shape index (κ2) is 7.64. The molecule has 0 unspecified atom stereocenters. The lowest BCUT2D eigenvalue weighted by Gasteiger charge is -2.18. The minimum atomic E-state index is 0.584. The molecule has 6 nitrogen and oxygen atoms in total. The third kappa shape index (κ3) is 3.47. The molecule has 6 heteroatoms. The highest BCUT2D eigenvalue weighted by Gasteiger charge is 2.15. The number of ether oxygens (including phenoxy) is 2. The van der Waals surface area contributed by atoms with E-state index >= 15 is 0 Å². The van der Waals surface area contributed by atoms with E-state index in [-0.39, 0.29) is 0 Å². The summed E-state index contributed by atoms with van der Waals surface area (Å²) < 4.78 is 11.3. The molecule has 0 atom stereocenters. The molecule has 4 aromatic rings. The topological polar surface area (TPSA) is 75.0 Å². The molecule has 0 aliphatic carbocycles. The number of rotatable bonds is 6. The van der Waals surface area contributed by atoms with Gasteiger partial charge in [-0.1, -0.05) is 12.1 Å². The standard InChI is InChI=1S/C23H24N4O2/c1-15-3-2-4-19-22(15)17(13-25-19)7-8-24-12-18-14-26-27-23(18)16-5-6-20-21(11-16)29-10-9-28-20/h2-6,11,13-14,24-25H,7-10,12H2,1H3,(H,26,27). The summed E-state index contributed by atoms with van der Waals surface area (Å²) in [5.74, 6) is 1.59. The molecule has 2 aromatic carbocycles. The molecular formula is C23H24N4O2. The van der Waals surface area contributed by atoms with E-state index in [9.17, 15) is 0 Å². The molecule has 0 fully saturated rings. The Kier molecular flexibility index (Phi) is 4.69. The fraction of sp³-hybridized carbons (Fsp3) is 0.261. The Hall–Kier alpha value is -3.25. The Bertz CT molecular complexity index is 1140. The summed E-state index contributed by atoms with van der Waals surface area (Å²) in [7, 11) is 0. The van der Waals surface area contributed by atoms with Gasteiger partial charge >= 0.3 is 0 Å². The second-order valence-electron chi connectivity index (χ2n) is 7.37. The van der Waals surface area contributed by atoms with E-state index in [0.717, 1.165) is 47.8 Å². The maximum Gasteiger partial charge on any atom is 0.162 e. The Labute approximate surface area is 169 Å². The molecule has 2 aromatic heterocycles. The summed E-state index contributed by atoms with van der Waals surface area (Å²) in [6, 6.07) is 12.4. The fourth-order valence-corrected chi connectivity index (χ4v) is 3.99. The van der Waals surface area contributed by atoms with Gasteiger partial charge in [-0.05, 0) is 55.3 Å². The van der Waals surface area contributed by atoms with Gasteiger partial charge in [-0.3, -0.25) is 5.10 Å². The fourth-order valence-electron chi connectivity index (χ4n) is 3.99. The number of nitrogens with one attached hydrogen (secondary N) is 3. The van der Waals surface area contributed by atoms with E-state index in [1.54, 1.807) is 0 Å². The Morgan fingerprint density at radius 1 is 1.07 bits per heavy atom. The van der Waals surface area contributed by atoms with Crippen molar-refractivity contribution in [1.29, 1.82) is 0 Å². The number of fused-ring (bicyclic) bond motifs is 2. The van der Waals surface area contributed by atoms with Crippen LogP contribution in [0.4, 0.5) is 0 Å². The number of hydrogen-bond donors (Lipinski definition) is 3. The molecule has 0 bridgehead atoms. The van der Waals surface area contributed by atoms with Crippen LogP contribution in [0, 0.1) is 6.92 Å². The lowest BCUT2D eigenvalue weighted by molar-refractivity contribution is 0.171. The molecule has 3 heterocycles. The van der Waals surface area contributed by atoms with Gasteiger partial charge in [-0.25, -0.2) is 0 Å². The maximum absolute atomic E-state index is 5.71. The van der Waals surface area contributed by atoms with Gasteiger partial charge in [-0.15, -0.1) is 0 Å². The zero-order valence-corrected chi connectivity index (χ0v) is 16.4. The van der Waals surface area contributed by atoms with Crippen LogP contribution in [-0.4, -0.2) is 34.9 Å². The Balaban J connectivity index is 1.25. The number of benzene rings is 2. The molecule has 0 saturated heterocycles. The summed E-state index contributed by atoms with van der Waals surface area (Å²) in [6.45, 7) is 5.00. The van der Waals surface area contributed by atoms with Crippen molar-refractivity contribution < 1.29 is 9.47 Å². The third-order valence-corrected chi connectivity index (χ3v) is 5.43. The van der Waals surface area contributed by atoms with Crippen molar-refractivity contribution in [2.75, 3.05) is 19.8 Å². The van der Waals surface area contributed by atoms with Gasteiger partial charge in [0.15, 0.2) is 11.5 Å². The lowest BCUT2D eigenvalue weighted by Crippen LogP contribution is -2.17. The van der Waals surface area contributed by atoms with E-state index in [1.807, 2.05) is 24.4 Å². The van der Waals surface area contributed by atoms with Crippen molar-refractivity contribution in [3.8, 4) is 22.8 Å².